The fraction of sp³-hybridized carbons (Fsp3) is 0.250. The van der Waals surface area contributed by atoms with Gasteiger partial charge in [0, 0.05) is 16.8 Å². The van der Waals surface area contributed by atoms with E-state index in [1.807, 2.05) is 19.2 Å². The zero-order chi connectivity index (χ0) is 11.5. The molecule has 0 aliphatic rings. The molecule has 0 radical (unpaired) electrons. The molecule has 0 spiro atoms. The predicted octanol–water partition coefficient (Wildman–Crippen LogP) is 2.31. The van der Waals surface area contributed by atoms with Gasteiger partial charge in [-0.25, -0.2) is 5.43 Å². The van der Waals surface area contributed by atoms with Crippen molar-refractivity contribution < 1.29 is 0 Å². The second kappa shape index (κ2) is 4.74. The van der Waals surface area contributed by atoms with Crippen LogP contribution >= 0.6 is 11.3 Å². The van der Waals surface area contributed by atoms with Crippen molar-refractivity contribution in [3.05, 3.63) is 51.5 Å². The number of rotatable bonds is 3. The molecule has 2 heterocycles. The maximum absolute atomic E-state index is 5.63. The number of hydrogen-bond donors (Lipinski definition) is 2. The molecule has 2 aromatic rings. The average Bonchev–Trinajstić information content (AvgIpc) is 2.69. The van der Waals surface area contributed by atoms with E-state index in [0.29, 0.717) is 0 Å². The highest BCUT2D eigenvalue weighted by Crippen LogP contribution is 2.27. The van der Waals surface area contributed by atoms with Crippen LogP contribution in [0.4, 0.5) is 0 Å². The van der Waals surface area contributed by atoms with E-state index in [0.717, 1.165) is 11.3 Å². The smallest absolute Gasteiger partial charge is 0.0735 e. The van der Waals surface area contributed by atoms with E-state index in [-0.39, 0.29) is 6.04 Å². The standard InChI is InChI=1S/C12H15N3S/c1-8-3-4-10(7-14-8)12(15-13)11-5-6-16-9(11)2/h3-7,12,15H,13H2,1-2H3. The highest BCUT2D eigenvalue weighted by molar-refractivity contribution is 7.10. The van der Waals surface area contributed by atoms with Gasteiger partial charge in [-0.05, 0) is 42.5 Å². The van der Waals surface area contributed by atoms with Gasteiger partial charge >= 0.3 is 0 Å². The Morgan fingerprint density at radius 2 is 2.12 bits per heavy atom. The summed E-state index contributed by atoms with van der Waals surface area (Å²) >= 11 is 1.73. The van der Waals surface area contributed by atoms with Gasteiger partial charge in [-0.1, -0.05) is 6.07 Å². The van der Waals surface area contributed by atoms with Gasteiger partial charge in [-0.2, -0.15) is 0 Å². The van der Waals surface area contributed by atoms with Gasteiger partial charge in [0.15, 0.2) is 0 Å². The van der Waals surface area contributed by atoms with Gasteiger partial charge < -0.3 is 0 Å². The molecule has 4 heteroatoms. The summed E-state index contributed by atoms with van der Waals surface area (Å²) in [5.74, 6) is 5.63. The van der Waals surface area contributed by atoms with E-state index in [9.17, 15) is 0 Å². The lowest BCUT2D eigenvalue weighted by atomic mass is 10.0. The molecule has 1 unspecified atom stereocenters. The molecule has 0 saturated carbocycles. The Kier molecular flexibility index (Phi) is 3.33. The van der Waals surface area contributed by atoms with Gasteiger partial charge in [0.05, 0.1) is 6.04 Å². The van der Waals surface area contributed by atoms with Gasteiger partial charge in [0.1, 0.15) is 0 Å². The van der Waals surface area contributed by atoms with E-state index in [1.165, 1.54) is 10.4 Å². The summed E-state index contributed by atoms with van der Waals surface area (Å²) in [5, 5.41) is 2.08. The minimum absolute atomic E-state index is 0.0272. The van der Waals surface area contributed by atoms with Crippen molar-refractivity contribution in [2.75, 3.05) is 0 Å². The number of aromatic nitrogens is 1. The summed E-state index contributed by atoms with van der Waals surface area (Å²) in [6.45, 7) is 4.08. The molecule has 0 aromatic carbocycles. The van der Waals surface area contributed by atoms with Crippen LogP contribution in [0.15, 0.2) is 29.8 Å². The molecule has 16 heavy (non-hydrogen) atoms. The van der Waals surface area contributed by atoms with E-state index < -0.39 is 0 Å². The summed E-state index contributed by atoms with van der Waals surface area (Å²) in [4.78, 5) is 5.58. The lowest BCUT2D eigenvalue weighted by Gasteiger charge is -2.16. The lowest BCUT2D eigenvalue weighted by molar-refractivity contribution is 0.633. The fourth-order valence-electron chi connectivity index (χ4n) is 1.71. The molecule has 0 fully saturated rings. The van der Waals surface area contributed by atoms with Crippen LogP contribution in [0.25, 0.3) is 0 Å². The predicted molar refractivity (Wildman–Crippen MR) is 67.2 cm³/mol. The second-order valence-corrected chi connectivity index (χ2v) is 4.88. The third-order valence-corrected chi connectivity index (χ3v) is 3.51. The van der Waals surface area contributed by atoms with Crippen LogP contribution in [0.1, 0.15) is 27.7 Å². The molecular weight excluding hydrogens is 218 g/mol. The zero-order valence-electron chi connectivity index (χ0n) is 9.40. The van der Waals surface area contributed by atoms with Crippen LogP contribution in [0.5, 0.6) is 0 Å². The van der Waals surface area contributed by atoms with Gasteiger partial charge in [0.25, 0.3) is 0 Å². The number of nitrogens with zero attached hydrogens (tertiary/aromatic N) is 1. The molecule has 3 nitrogen and oxygen atoms in total. The van der Waals surface area contributed by atoms with Crippen molar-refractivity contribution in [2.24, 2.45) is 5.84 Å². The van der Waals surface area contributed by atoms with Crippen LogP contribution in [-0.4, -0.2) is 4.98 Å². The third kappa shape index (κ3) is 2.14. The Morgan fingerprint density at radius 3 is 2.62 bits per heavy atom. The number of pyridine rings is 1. The molecule has 0 aliphatic carbocycles. The Labute approximate surface area is 99.3 Å². The monoisotopic (exact) mass is 233 g/mol. The highest BCUT2D eigenvalue weighted by atomic mass is 32.1. The Morgan fingerprint density at radius 1 is 1.31 bits per heavy atom. The van der Waals surface area contributed by atoms with Crippen molar-refractivity contribution in [3.63, 3.8) is 0 Å². The molecule has 0 aliphatic heterocycles. The molecule has 0 bridgehead atoms. The first-order valence-electron chi connectivity index (χ1n) is 5.15. The zero-order valence-corrected chi connectivity index (χ0v) is 10.2. The first-order chi connectivity index (χ1) is 7.72. The third-order valence-electron chi connectivity index (χ3n) is 2.64. The van der Waals surface area contributed by atoms with E-state index in [4.69, 9.17) is 5.84 Å². The van der Waals surface area contributed by atoms with Crippen LogP contribution in [0.2, 0.25) is 0 Å². The van der Waals surface area contributed by atoms with Crippen molar-refractivity contribution >= 4 is 11.3 Å². The first kappa shape index (κ1) is 11.3. The number of aryl methyl sites for hydroxylation is 2. The minimum atomic E-state index is 0.0272. The summed E-state index contributed by atoms with van der Waals surface area (Å²) < 4.78 is 0. The SMILES string of the molecule is Cc1ccc(C(NN)c2ccsc2C)cn1. The van der Waals surface area contributed by atoms with E-state index >= 15 is 0 Å². The summed E-state index contributed by atoms with van der Waals surface area (Å²) in [7, 11) is 0. The molecule has 1 atom stereocenters. The van der Waals surface area contributed by atoms with E-state index in [1.54, 1.807) is 11.3 Å². The van der Waals surface area contributed by atoms with Crippen LogP contribution in [0.3, 0.4) is 0 Å². The number of nitrogens with two attached hydrogens (primary N) is 1. The molecular formula is C12H15N3S. The molecule has 3 N–H and O–H groups in total. The lowest BCUT2D eigenvalue weighted by Crippen LogP contribution is -2.29. The van der Waals surface area contributed by atoms with Crippen LogP contribution in [0, 0.1) is 13.8 Å². The maximum Gasteiger partial charge on any atom is 0.0735 e. The topological polar surface area (TPSA) is 50.9 Å². The number of hydrogen-bond acceptors (Lipinski definition) is 4. The maximum atomic E-state index is 5.63. The second-order valence-electron chi connectivity index (χ2n) is 3.76. The Hall–Kier alpha value is -1.23. The highest BCUT2D eigenvalue weighted by Gasteiger charge is 2.15. The Balaban J connectivity index is 2.37. The Bertz CT molecular complexity index is 461. The normalized spacial score (nSPS) is 12.7. The van der Waals surface area contributed by atoms with E-state index in [2.05, 4.69) is 34.8 Å². The molecule has 2 rings (SSSR count). The largest absolute Gasteiger partial charge is 0.271 e. The van der Waals surface area contributed by atoms with Gasteiger partial charge in [-0.15, -0.1) is 11.3 Å². The molecule has 0 saturated heterocycles. The summed E-state index contributed by atoms with van der Waals surface area (Å²) in [5.41, 5.74) is 6.18. The summed E-state index contributed by atoms with van der Waals surface area (Å²) in [6, 6.07) is 6.19. The van der Waals surface area contributed by atoms with Crippen molar-refractivity contribution in [2.45, 2.75) is 19.9 Å². The molecule has 84 valence electrons. The van der Waals surface area contributed by atoms with Gasteiger partial charge in [0.2, 0.25) is 0 Å². The number of hydrazine groups is 1. The number of nitrogens with one attached hydrogen (secondary N) is 1. The number of thiophene rings is 1. The van der Waals surface area contributed by atoms with Crippen molar-refractivity contribution in [1.82, 2.24) is 10.4 Å². The van der Waals surface area contributed by atoms with Crippen molar-refractivity contribution in [1.29, 1.82) is 0 Å². The minimum Gasteiger partial charge on any atom is -0.271 e. The van der Waals surface area contributed by atoms with Crippen molar-refractivity contribution in [3.8, 4) is 0 Å². The average molecular weight is 233 g/mol. The van der Waals surface area contributed by atoms with Crippen LogP contribution < -0.4 is 11.3 Å². The fourth-order valence-corrected chi connectivity index (χ4v) is 2.45. The quantitative estimate of drug-likeness (QED) is 0.632. The molecule has 2 aromatic heterocycles. The van der Waals surface area contributed by atoms with Crippen LogP contribution in [-0.2, 0) is 0 Å². The van der Waals surface area contributed by atoms with Gasteiger partial charge in [-0.3, -0.25) is 10.8 Å². The molecule has 0 amide bonds. The first-order valence-corrected chi connectivity index (χ1v) is 6.03. The summed E-state index contributed by atoms with van der Waals surface area (Å²) in [6.07, 6.45) is 1.87.